The smallest absolute Gasteiger partial charge is 0.0716 e. The zero-order valence-corrected chi connectivity index (χ0v) is 35.8. The standard InChI is InChI=1S/C59H50N4/c1-3-14-49-51(54-16-8-12-37-60-54)39-57(62-53(49)4-2)45-23-19-41(20-24-45)43-27-31-47(32-28-43)59(35-10-5-11-36-59)48-33-29-44(30-34-48)42-21-25-46(26-22-42)58-40-52(55-17-9-13-38-61-55)50-15-6-7-18-56(50)63-58/h3-4,6-9,12-19,21-23,25-34,37-40H,2,5,10-11,20,24,35-36H2,1H3/b14-3-. The number of hydrogen-bond donors (Lipinski definition) is 0. The van der Waals surface area contributed by atoms with Crippen molar-refractivity contribution in [2.24, 2.45) is 0 Å². The van der Waals surface area contributed by atoms with Crippen LogP contribution in [0.1, 0.15) is 85.5 Å². The van der Waals surface area contributed by atoms with Crippen molar-refractivity contribution in [1.29, 1.82) is 0 Å². The quantitative estimate of drug-likeness (QED) is 0.138. The SMILES string of the molecule is C=Cc1nc(C2=CC=C(c3ccc(C4(c5ccc(-c6ccc(-c7cc(-c8ccccn8)c8ccccc8n7)cc6)cc5)CCCCC4)cc3)CC2)cc(-c2ccccn2)c1/C=C\C. The van der Waals surface area contributed by atoms with Gasteiger partial charge in [0.05, 0.1) is 34.0 Å². The molecule has 2 aliphatic carbocycles. The van der Waals surface area contributed by atoms with Crippen molar-refractivity contribution in [2.75, 3.05) is 0 Å². The molecular weight excluding hydrogens is 765 g/mol. The van der Waals surface area contributed by atoms with Gasteiger partial charge in [0.1, 0.15) is 0 Å². The lowest BCUT2D eigenvalue weighted by atomic mass is 9.65. The maximum absolute atomic E-state index is 5.08. The Balaban J connectivity index is 0.892. The fourth-order valence-electron chi connectivity index (χ4n) is 9.84. The van der Waals surface area contributed by atoms with Gasteiger partial charge >= 0.3 is 0 Å². The summed E-state index contributed by atoms with van der Waals surface area (Å²) in [7, 11) is 0. The van der Waals surface area contributed by atoms with Gasteiger partial charge in [0.25, 0.3) is 0 Å². The third kappa shape index (κ3) is 7.90. The summed E-state index contributed by atoms with van der Waals surface area (Å²) >= 11 is 0. The normalized spacial score (nSPS) is 14.9. The average molecular weight is 815 g/mol. The number of pyridine rings is 4. The van der Waals surface area contributed by atoms with Gasteiger partial charge in [-0.2, -0.15) is 0 Å². The molecule has 0 amide bonds. The first-order valence-corrected chi connectivity index (χ1v) is 22.4. The van der Waals surface area contributed by atoms with E-state index in [0.29, 0.717) is 0 Å². The molecule has 2 aliphatic rings. The summed E-state index contributed by atoms with van der Waals surface area (Å²) in [5.41, 5.74) is 19.2. The second-order valence-corrected chi connectivity index (χ2v) is 16.8. The maximum Gasteiger partial charge on any atom is 0.0716 e. The summed E-state index contributed by atoms with van der Waals surface area (Å²) in [6.07, 6.45) is 22.3. The molecule has 0 spiro atoms. The van der Waals surface area contributed by atoms with Crippen LogP contribution in [0.2, 0.25) is 0 Å². The van der Waals surface area contributed by atoms with Crippen LogP contribution >= 0.6 is 0 Å². The van der Waals surface area contributed by atoms with Crippen molar-refractivity contribution in [1.82, 2.24) is 19.9 Å². The molecule has 0 radical (unpaired) electrons. The molecular formula is C59H50N4. The molecule has 0 aliphatic heterocycles. The lowest BCUT2D eigenvalue weighted by molar-refractivity contribution is 0.346. The second kappa shape index (κ2) is 17.6. The Morgan fingerprint density at radius 3 is 1.71 bits per heavy atom. The topological polar surface area (TPSA) is 51.6 Å². The first-order valence-electron chi connectivity index (χ1n) is 22.4. The highest BCUT2D eigenvalue weighted by molar-refractivity contribution is 5.96. The van der Waals surface area contributed by atoms with Gasteiger partial charge in [0, 0.05) is 45.4 Å². The van der Waals surface area contributed by atoms with Crippen LogP contribution in [0.3, 0.4) is 0 Å². The van der Waals surface area contributed by atoms with Crippen molar-refractivity contribution in [2.45, 2.75) is 57.3 Å². The van der Waals surface area contributed by atoms with Crippen LogP contribution in [0.25, 0.3) is 79.1 Å². The molecule has 4 aromatic carbocycles. The van der Waals surface area contributed by atoms with E-state index in [-0.39, 0.29) is 5.41 Å². The monoisotopic (exact) mass is 814 g/mol. The van der Waals surface area contributed by atoms with E-state index in [2.05, 4.69) is 150 Å². The van der Waals surface area contributed by atoms with Gasteiger partial charge in [-0.1, -0.05) is 153 Å². The summed E-state index contributed by atoms with van der Waals surface area (Å²) in [6.45, 7) is 6.14. The summed E-state index contributed by atoms with van der Waals surface area (Å²) in [6, 6.07) is 52.6. The van der Waals surface area contributed by atoms with Crippen LogP contribution < -0.4 is 0 Å². The molecule has 0 N–H and O–H groups in total. The van der Waals surface area contributed by atoms with E-state index in [1.165, 1.54) is 71.1 Å². The highest BCUT2D eigenvalue weighted by atomic mass is 14.7. The second-order valence-electron chi connectivity index (χ2n) is 16.8. The van der Waals surface area contributed by atoms with Gasteiger partial charge in [0.15, 0.2) is 0 Å². The largest absolute Gasteiger partial charge is 0.256 e. The Bertz CT molecular complexity index is 3010. The summed E-state index contributed by atoms with van der Waals surface area (Å²) in [4.78, 5) is 19.5. The van der Waals surface area contributed by atoms with E-state index in [1.807, 2.05) is 61.8 Å². The molecule has 0 saturated heterocycles. The van der Waals surface area contributed by atoms with Crippen LogP contribution in [-0.2, 0) is 5.41 Å². The molecule has 306 valence electrons. The van der Waals surface area contributed by atoms with Gasteiger partial charge in [-0.15, -0.1) is 0 Å². The summed E-state index contributed by atoms with van der Waals surface area (Å²) < 4.78 is 0. The number of allylic oxidation sites excluding steroid dienone is 5. The molecule has 4 heterocycles. The molecule has 8 aromatic rings. The number of aromatic nitrogens is 4. The zero-order chi connectivity index (χ0) is 42.6. The number of fused-ring (bicyclic) bond motifs is 1. The van der Waals surface area contributed by atoms with Crippen LogP contribution in [0.15, 0.2) is 183 Å². The minimum atomic E-state index is 0.0131. The first kappa shape index (κ1) is 39.8. The zero-order valence-electron chi connectivity index (χ0n) is 35.8. The van der Waals surface area contributed by atoms with Crippen molar-refractivity contribution < 1.29 is 0 Å². The maximum atomic E-state index is 5.08. The van der Waals surface area contributed by atoms with Crippen molar-refractivity contribution in [3.63, 3.8) is 0 Å². The third-order valence-electron chi connectivity index (χ3n) is 13.2. The van der Waals surface area contributed by atoms with Crippen LogP contribution in [-0.4, -0.2) is 19.9 Å². The minimum absolute atomic E-state index is 0.0131. The molecule has 1 saturated carbocycles. The Hall–Kier alpha value is -7.30. The summed E-state index contributed by atoms with van der Waals surface area (Å²) in [5.74, 6) is 0. The highest BCUT2D eigenvalue weighted by Crippen LogP contribution is 2.46. The summed E-state index contributed by atoms with van der Waals surface area (Å²) in [5, 5.41) is 1.11. The minimum Gasteiger partial charge on any atom is -0.256 e. The number of benzene rings is 4. The predicted molar refractivity (Wildman–Crippen MR) is 264 cm³/mol. The lowest BCUT2D eigenvalue weighted by Gasteiger charge is -2.39. The van der Waals surface area contributed by atoms with Gasteiger partial charge < -0.3 is 0 Å². The van der Waals surface area contributed by atoms with Crippen molar-refractivity contribution in [3.8, 4) is 44.9 Å². The van der Waals surface area contributed by atoms with E-state index in [9.17, 15) is 0 Å². The van der Waals surface area contributed by atoms with Gasteiger partial charge in [-0.25, -0.2) is 9.97 Å². The van der Waals surface area contributed by atoms with E-state index in [1.54, 1.807) is 0 Å². The van der Waals surface area contributed by atoms with Crippen LogP contribution in [0, 0.1) is 0 Å². The molecule has 0 atom stereocenters. The molecule has 4 heteroatoms. The number of nitrogens with zero attached hydrogens (tertiary/aromatic N) is 4. The number of hydrogen-bond acceptors (Lipinski definition) is 4. The molecule has 10 rings (SSSR count). The van der Waals surface area contributed by atoms with Crippen molar-refractivity contribution in [3.05, 3.63) is 216 Å². The number of rotatable bonds is 10. The first-order chi connectivity index (χ1) is 31.1. The van der Waals surface area contributed by atoms with Gasteiger partial charge in [-0.05, 0) is 120 Å². The molecule has 4 nitrogen and oxygen atoms in total. The fraction of sp³-hybridized carbons (Fsp3) is 0.153. The number of para-hydroxylation sites is 1. The predicted octanol–water partition coefficient (Wildman–Crippen LogP) is 15.3. The fourth-order valence-corrected chi connectivity index (χ4v) is 9.84. The molecule has 4 aromatic heterocycles. The molecule has 0 unspecified atom stereocenters. The Morgan fingerprint density at radius 1 is 0.524 bits per heavy atom. The van der Waals surface area contributed by atoms with Crippen LogP contribution in [0.5, 0.6) is 0 Å². The third-order valence-corrected chi connectivity index (χ3v) is 13.2. The Kier molecular flexibility index (Phi) is 11.1. The lowest BCUT2D eigenvalue weighted by Crippen LogP contribution is -2.30. The van der Waals surface area contributed by atoms with Gasteiger partial charge in [-0.3, -0.25) is 9.97 Å². The molecule has 63 heavy (non-hydrogen) atoms. The average Bonchev–Trinajstić information content (AvgIpc) is 3.37. The van der Waals surface area contributed by atoms with E-state index >= 15 is 0 Å². The molecule has 1 fully saturated rings. The Morgan fingerprint density at radius 2 is 1.10 bits per heavy atom. The van der Waals surface area contributed by atoms with Crippen LogP contribution in [0.4, 0.5) is 0 Å². The van der Waals surface area contributed by atoms with Crippen molar-refractivity contribution >= 4 is 34.2 Å². The Labute approximate surface area is 371 Å². The van der Waals surface area contributed by atoms with Gasteiger partial charge in [0.2, 0.25) is 0 Å². The van der Waals surface area contributed by atoms with E-state index in [4.69, 9.17) is 9.97 Å². The van der Waals surface area contributed by atoms with E-state index in [0.717, 1.165) is 74.5 Å². The molecule has 0 bridgehead atoms. The van der Waals surface area contributed by atoms with E-state index < -0.39 is 0 Å². The highest BCUT2D eigenvalue weighted by Gasteiger charge is 2.35.